The van der Waals surface area contributed by atoms with Crippen LogP contribution in [0.4, 0.5) is 8.78 Å². The molecule has 19 heteroatoms. The second-order valence-electron chi connectivity index (χ2n) is 17.4. The Bertz CT molecular complexity index is 1990. The minimum absolute atomic E-state index is 0.0380. The second-order valence-corrected chi connectivity index (χ2v) is 20.5. The molecule has 3 aliphatic rings. The summed E-state index contributed by atoms with van der Waals surface area (Å²) in [6, 6.07) is 4.52. The zero-order valence-electron chi connectivity index (χ0n) is 34.3. The van der Waals surface area contributed by atoms with Crippen LogP contribution in [0.15, 0.2) is 24.3 Å². The van der Waals surface area contributed by atoms with Gasteiger partial charge in [-0.25, -0.2) is 0 Å². The molecule has 2 N–H and O–H groups in total. The Balaban J connectivity index is 1.35. The molecule has 0 spiro atoms. The van der Waals surface area contributed by atoms with Gasteiger partial charge in [-0.05, 0) is 96.7 Å². The SMILES string of the molecule is CC[C@@H]1CN(C(=O)C2CC[C@@H]3CC[C@H](O)C[C@H](NC(=O)c4cc5cc(C(F)(F)P(=O)(OCOC(=O)C(C)(C)C)OCOC(=O)C(C)(C)C)ccc5s4)C(=O)N23)C[C@H]1C#N. The zero-order chi connectivity index (χ0) is 43.7. The molecule has 0 radical (unpaired) electrons. The summed E-state index contributed by atoms with van der Waals surface area (Å²) in [6.07, 6.45) is 1.48. The summed E-state index contributed by atoms with van der Waals surface area (Å²) in [5, 5.41) is 23.3. The molecule has 1 unspecified atom stereocenters. The third kappa shape index (κ3) is 10.1. The molecule has 5 rings (SSSR count). The smallest absolute Gasteiger partial charge is 0.410 e. The summed E-state index contributed by atoms with van der Waals surface area (Å²) in [5.74, 6) is -3.39. The zero-order valence-corrected chi connectivity index (χ0v) is 36.0. The van der Waals surface area contributed by atoms with Crippen molar-refractivity contribution in [2.75, 3.05) is 26.7 Å². The summed E-state index contributed by atoms with van der Waals surface area (Å²) in [7, 11) is -5.61. The molecule has 6 atom stereocenters. The number of esters is 2. The minimum atomic E-state index is -5.61. The Kier molecular flexibility index (Phi) is 14.0. The molecule has 15 nitrogen and oxygen atoms in total. The third-order valence-corrected chi connectivity index (χ3v) is 13.9. The van der Waals surface area contributed by atoms with Crippen molar-refractivity contribution in [3.63, 3.8) is 0 Å². The molecular weight excluding hydrogens is 813 g/mol. The molecule has 1 aromatic carbocycles. The van der Waals surface area contributed by atoms with Gasteiger partial charge in [-0.3, -0.25) is 37.6 Å². The quantitative estimate of drug-likeness (QED) is 0.138. The predicted molar refractivity (Wildman–Crippen MR) is 211 cm³/mol. The number of thiophene rings is 1. The highest BCUT2D eigenvalue weighted by Crippen LogP contribution is 2.67. The highest BCUT2D eigenvalue weighted by atomic mass is 32.1. The van der Waals surface area contributed by atoms with Crippen LogP contribution < -0.4 is 5.32 Å². The fourth-order valence-electron chi connectivity index (χ4n) is 7.40. The van der Waals surface area contributed by atoms with Gasteiger partial charge in [0.25, 0.3) is 5.91 Å². The molecule has 3 saturated heterocycles. The van der Waals surface area contributed by atoms with Gasteiger partial charge < -0.3 is 29.7 Å². The van der Waals surface area contributed by atoms with E-state index in [9.17, 15) is 38.9 Å². The summed E-state index contributed by atoms with van der Waals surface area (Å²) in [4.78, 5) is 69.6. The van der Waals surface area contributed by atoms with E-state index in [2.05, 4.69) is 11.4 Å². The number of amides is 3. The molecule has 0 bridgehead atoms. The van der Waals surface area contributed by atoms with Crippen molar-refractivity contribution in [1.29, 1.82) is 5.26 Å². The van der Waals surface area contributed by atoms with E-state index in [-0.39, 0.29) is 47.0 Å². The van der Waals surface area contributed by atoms with Gasteiger partial charge in [0.15, 0.2) is 0 Å². The number of carbonyl (C=O) groups excluding carboxylic acids is 5. The Hall–Kier alpha value is -4.01. The van der Waals surface area contributed by atoms with Gasteiger partial charge >= 0.3 is 25.2 Å². The number of nitrogens with zero attached hydrogens (tertiary/aromatic N) is 3. The number of hydrogen-bond donors (Lipinski definition) is 2. The lowest BCUT2D eigenvalue weighted by atomic mass is 9.95. The maximum absolute atomic E-state index is 16.3. The third-order valence-electron chi connectivity index (χ3n) is 10.9. The van der Waals surface area contributed by atoms with Crippen LogP contribution in [-0.2, 0) is 47.9 Å². The van der Waals surface area contributed by atoms with Gasteiger partial charge in [-0.1, -0.05) is 19.4 Å². The molecule has 59 heavy (non-hydrogen) atoms. The van der Waals surface area contributed by atoms with E-state index >= 15 is 8.78 Å². The number of ether oxygens (including phenoxy) is 2. The van der Waals surface area contributed by atoms with Crippen molar-refractivity contribution in [3.8, 4) is 6.07 Å². The Morgan fingerprint density at radius 2 is 1.58 bits per heavy atom. The monoisotopic (exact) mass is 866 g/mol. The van der Waals surface area contributed by atoms with E-state index in [4.69, 9.17) is 18.5 Å². The molecule has 0 saturated carbocycles. The molecule has 1 aromatic heterocycles. The van der Waals surface area contributed by atoms with E-state index in [1.54, 1.807) is 4.90 Å². The normalized spacial score (nSPS) is 24.3. The van der Waals surface area contributed by atoms with Crippen LogP contribution in [0.25, 0.3) is 10.1 Å². The summed E-state index contributed by atoms with van der Waals surface area (Å²) >= 11 is 0.939. The lowest BCUT2D eigenvalue weighted by molar-refractivity contribution is -0.163. The number of nitriles is 1. The van der Waals surface area contributed by atoms with Crippen molar-refractivity contribution >= 4 is 58.7 Å². The molecule has 324 valence electrons. The van der Waals surface area contributed by atoms with Crippen LogP contribution in [0, 0.1) is 34.0 Å². The number of fused-ring (bicyclic) bond motifs is 2. The highest BCUT2D eigenvalue weighted by molar-refractivity contribution is 7.54. The van der Waals surface area contributed by atoms with Crippen LogP contribution in [0.3, 0.4) is 0 Å². The van der Waals surface area contributed by atoms with Gasteiger partial charge in [0.2, 0.25) is 25.4 Å². The van der Waals surface area contributed by atoms with Gasteiger partial charge in [-0.15, -0.1) is 11.3 Å². The van der Waals surface area contributed by atoms with Crippen LogP contribution in [0.2, 0.25) is 0 Å². The number of benzene rings is 1. The standard InChI is InChI=1S/C40H53F2N4O11PS/c1-8-23-19-45(20-25(23)18-43)35(50)30-13-11-27-10-12-28(47)17-29(34(49)46(27)30)44-33(48)32-16-24-15-26(9-14-31(24)59-32)40(41,42)58(53,56-21-54-36(51)38(2,3)4)57-22-55-37(52)39(5,6)7/h9,14-16,23,25,27-30,47H,8,10-13,17,19-22H2,1-7H3,(H,44,48)/t23-,25-,27+,28+,29+,30?/m1/s1. The highest BCUT2D eigenvalue weighted by Gasteiger charge is 2.56. The lowest BCUT2D eigenvalue weighted by Gasteiger charge is -2.37. The largest absolute Gasteiger partial charge is 0.438 e. The average Bonchev–Trinajstić information content (AvgIpc) is 3.91. The number of nitrogens with one attached hydrogen (secondary N) is 1. The molecule has 2 aromatic rings. The Labute approximate surface area is 346 Å². The molecule has 3 aliphatic heterocycles. The van der Waals surface area contributed by atoms with Gasteiger partial charge in [0.1, 0.15) is 12.1 Å². The predicted octanol–water partition coefficient (Wildman–Crippen LogP) is 6.28. The van der Waals surface area contributed by atoms with Crippen LogP contribution in [-0.4, -0.2) is 95.5 Å². The molecule has 0 aliphatic carbocycles. The number of likely N-dealkylation sites (tertiary alicyclic amines) is 1. The van der Waals surface area contributed by atoms with Crippen LogP contribution in [0.1, 0.15) is 102 Å². The van der Waals surface area contributed by atoms with E-state index in [1.807, 2.05) is 6.92 Å². The average molecular weight is 867 g/mol. The van der Waals surface area contributed by atoms with Crippen molar-refractivity contribution in [3.05, 3.63) is 34.7 Å². The Morgan fingerprint density at radius 3 is 2.14 bits per heavy atom. The number of carbonyl (C=O) groups is 5. The number of halogens is 2. The summed E-state index contributed by atoms with van der Waals surface area (Å²) in [5.41, 5.74) is -7.31. The minimum Gasteiger partial charge on any atom is -0.438 e. The van der Waals surface area contributed by atoms with Crippen LogP contribution in [0.5, 0.6) is 0 Å². The first-order chi connectivity index (χ1) is 27.5. The first-order valence-corrected chi connectivity index (χ1v) is 22.0. The van der Waals surface area contributed by atoms with Crippen LogP contribution >= 0.6 is 18.9 Å². The molecule has 3 fully saturated rings. The van der Waals surface area contributed by atoms with Gasteiger partial charge in [-0.2, -0.15) is 14.0 Å². The maximum Gasteiger partial charge on any atom is 0.410 e. The molecule has 4 heterocycles. The fraction of sp³-hybridized carbons (Fsp3) is 0.650. The van der Waals surface area contributed by atoms with Gasteiger partial charge in [0, 0.05) is 35.8 Å². The van der Waals surface area contributed by atoms with Gasteiger partial charge in [0.05, 0.1) is 33.8 Å². The first kappa shape index (κ1) is 46.1. The van der Waals surface area contributed by atoms with E-state index in [1.165, 1.54) is 58.6 Å². The molecular formula is C40H53F2N4O11PS. The summed E-state index contributed by atoms with van der Waals surface area (Å²) in [6.45, 7) is 9.43. The summed E-state index contributed by atoms with van der Waals surface area (Å²) < 4.78 is 66.5. The molecule has 3 amide bonds. The van der Waals surface area contributed by atoms with Crippen molar-refractivity contribution in [2.24, 2.45) is 22.7 Å². The topological polar surface area (TPSA) is 202 Å². The number of aliphatic hydroxyl groups excluding tert-OH is 1. The van der Waals surface area contributed by atoms with Crippen molar-refractivity contribution < 1.29 is 60.9 Å². The van der Waals surface area contributed by atoms with Crippen molar-refractivity contribution in [1.82, 2.24) is 15.1 Å². The fourth-order valence-corrected chi connectivity index (χ4v) is 9.58. The Morgan fingerprint density at radius 1 is 0.966 bits per heavy atom. The number of alkyl halides is 2. The van der Waals surface area contributed by atoms with E-state index in [0.29, 0.717) is 36.9 Å². The lowest BCUT2D eigenvalue weighted by Crippen LogP contribution is -2.57. The number of rotatable bonds is 12. The first-order valence-electron chi connectivity index (χ1n) is 19.7. The van der Waals surface area contributed by atoms with Crippen molar-refractivity contribution in [2.45, 2.75) is 117 Å². The van der Waals surface area contributed by atoms with E-state index in [0.717, 1.165) is 29.9 Å². The van der Waals surface area contributed by atoms with E-state index < -0.39 is 85.2 Å². The number of hydrogen-bond acceptors (Lipinski definition) is 13. The maximum atomic E-state index is 16.3. The second kappa shape index (κ2) is 17.9. The number of aliphatic hydroxyl groups is 1.